The van der Waals surface area contributed by atoms with Gasteiger partial charge in [0.2, 0.25) is 0 Å². The summed E-state index contributed by atoms with van der Waals surface area (Å²) in [6.07, 6.45) is 1.68. The molecule has 1 fully saturated rings. The van der Waals surface area contributed by atoms with Crippen LogP contribution in [0.4, 0.5) is 4.79 Å². The van der Waals surface area contributed by atoms with Crippen molar-refractivity contribution in [1.29, 1.82) is 0 Å². The van der Waals surface area contributed by atoms with Gasteiger partial charge in [-0.2, -0.15) is 0 Å². The monoisotopic (exact) mass is 416 g/mol. The highest BCUT2D eigenvalue weighted by Crippen LogP contribution is 2.64. The van der Waals surface area contributed by atoms with E-state index in [0.29, 0.717) is 5.76 Å². The van der Waals surface area contributed by atoms with Crippen LogP contribution in [0.5, 0.6) is 0 Å². The number of ether oxygens (including phenoxy) is 2. The van der Waals surface area contributed by atoms with Crippen LogP contribution in [0, 0.1) is 5.41 Å². The van der Waals surface area contributed by atoms with Gasteiger partial charge in [0, 0.05) is 6.42 Å². The molecule has 0 radical (unpaired) electrons. The smallest absolute Gasteiger partial charge is 0.338 e. The van der Waals surface area contributed by atoms with Gasteiger partial charge in [0.05, 0.1) is 24.1 Å². The molecule has 3 rings (SSSR count). The van der Waals surface area contributed by atoms with Crippen molar-refractivity contribution < 1.29 is 28.3 Å². The molecule has 2 amide bonds. The van der Waals surface area contributed by atoms with Crippen molar-refractivity contribution in [2.24, 2.45) is 5.41 Å². The molecule has 0 saturated heterocycles. The van der Waals surface area contributed by atoms with Crippen molar-refractivity contribution in [2.75, 3.05) is 13.2 Å². The number of furan rings is 1. The molecule has 2 atom stereocenters. The number of carbonyl (C=O) groups excluding carboxylic acids is 3. The lowest BCUT2D eigenvalue weighted by atomic mass is 10.0. The summed E-state index contributed by atoms with van der Waals surface area (Å²) in [5.74, 6) is -0.948. The molecule has 1 aliphatic heterocycles. The number of carbonyl (C=O) groups is 3. The Kier molecular flexibility index (Phi) is 5.14. The van der Waals surface area contributed by atoms with Crippen molar-refractivity contribution in [3.63, 3.8) is 0 Å². The molecule has 10 heteroatoms. The van der Waals surface area contributed by atoms with Crippen LogP contribution in [-0.4, -0.2) is 35.5 Å². The molecule has 2 heterocycles. The van der Waals surface area contributed by atoms with Crippen LogP contribution in [0.15, 0.2) is 34.1 Å². The predicted molar refractivity (Wildman–Crippen MR) is 94.9 cm³/mol. The summed E-state index contributed by atoms with van der Waals surface area (Å²) in [7, 11) is 0. The Morgan fingerprint density at radius 3 is 2.63 bits per heavy atom. The van der Waals surface area contributed by atoms with E-state index >= 15 is 0 Å². The van der Waals surface area contributed by atoms with Crippen molar-refractivity contribution in [1.82, 2.24) is 10.6 Å². The van der Waals surface area contributed by atoms with Crippen LogP contribution in [0.3, 0.4) is 0 Å². The van der Waals surface area contributed by atoms with Crippen LogP contribution in [-0.2, 0) is 19.1 Å². The van der Waals surface area contributed by atoms with Gasteiger partial charge in [-0.1, -0.05) is 0 Å². The molecular weight excluding hydrogens is 399 g/mol. The van der Waals surface area contributed by atoms with Crippen LogP contribution in [0.2, 0.25) is 0 Å². The van der Waals surface area contributed by atoms with Gasteiger partial charge in [0.25, 0.3) is 0 Å². The number of nitrogens with one attached hydrogen (secondary N) is 2. The Bertz CT molecular complexity index is 804. The van der Waals surface area contributed by atoms with Crippen molar-refractivity contribution >= 4 is 41.2 Å². The molecular formula is C17H18Cl2N2O6. The Balaban J connectivity index is 1.87. The van der Waals surface area contributed by atoms with E-state index in [0.717, 1.165) is 0 Å². The number of hydrogen-bond acceptors (Lipinski definition) is 6. The molecule has 0 unspecified atom stereocenters. The highest BCUT2D eigenvalue weighted by Gasteiger charge is 2.69. The molecule has 1 aliphatic carbocycles. The van der Waals surface area contributed by atoms with E-state index in [9.17, 15) is 14.4 Å². The van der Waals surface area contributed by atoms with E-state index in [2.05, 4.69) is 10.6 Å². The SMILES string of the molecule is CCOC(=O)C1=C(COC(=O)[C@]2(C)CC2(Cl)Cl)NC(=O)N[C@@H]1c1ccco1. The fourth-order valence-corrected chi connectivity index (χ4v) is 3.46. The van der Waals surface area contributed by atoms with E-state index < -0.39 is 33.8 Å². The lowest BCUT2D eigenvalue weighted by molar-refractivity contribution is -0.149. The number of alkyl halides is 2. The topological polar surface area (TPSA) is 107 Å². The quantitative estimate of drug-likeness (QED) is 0.544. The Labute approximate surface area is 165 Å². The van der Waals surface area contributed by atoms with Crippen LogP contribution < -0.4 is 10.6 Å². The number of amides is 2. The van der Waals surface area contributed by atoms with Crippen molar-refractivity contribution in [3.05, 3.63) is 35.4 Å². The van der Waals surface area contributed by atoms with E-state index in [1.807, 2.05) is 0 Å². The third kappa shape index (κ3) is 3.64. The summed E-state index contributed by atoms with van der Waals surface area (Å²) in [4.78, 5) is 36.8. The molecule has 1 aromatic rings. The standard InChI is InChI=1S/C17H18Cl2N2O6/c1-3-25-13(22)11-9(7-27-14(23)16(2)8-17(16,18)19)20-15(24)21-12(11)10-5-4-6-26-10/h4-6,12H,3,7-8H2,1-2H3,(H2,20,21,24)/t12-,16+/m1/s1. The zero-order valence-corrected chi connectivity index (χ0v) is 16.1. The van der Waals surface area contributed by atoms with E-state index in [4.69, 9.17) is 37.1 Å². The fraction of sp³-hybridized carbons (Fsp3) is 0.471. The first-order chi connectivity index (χ1) is 12.7. The second kappa shape index (κ2) is 7.09. The van der Waals surface area contributed by atoms with Gasteiger partial charge in [0.1, 0.15) is 28.2 Å². The zero-order valence-electron chi connectivity index (χ0n) is 14.6. The minimum atomic E-state index is -1.18. The average Bonchev–Trinajstić information content (AvgIpc) is 2.97. The third-order valence-corrected chi connectivity index (χ3v) is 5.63. The van der Waals surface area contributed by atoms with Gasteiger partial charge in [-0.15, -0.1) is 23.2 Å². The molecule has 146 valence electrons. The lowest BCUT2D eigenvalue weighted by Gasteiger charge is -2.27. The number of hydrogen-bond donors (Lipinski definition) is 2. The summed E-state index contributed by atoms with van der Waals surface area (Å²) in [5, 5.41) is 5.09. The number of urea groups is 1. The Morgan fingerprint density at radius 2 is 2.07 bits per heavy atom. The maximum atomic E-state index is 12.5. The first kappa shape index (κ1) is 19.6. The van der Waals surface area contributed by atoms with Gasteiger partial charge in [-0.05, 0) is 26.0 Å². The van der Waals surface area contributed by atoms with Gasteiger partial charge in [-0.25, -0.2) is 9.59 Å². The Hall–Kier alpha value is -2.19. The average molecular weight is 417 g/mol. The molecule has 0 aromatic carbocycles. The first-order valence-electron chi connectivity index (χ1n) is 8.25. The number of rotatable bonds is 6. The summed E-state index contributed by atoms with van der Waals surface area (Å²) in [6, 6.07) is 1.79. The summed E-state index contributed by atoms with van der Waals surface area (Å²) < 4.78 is 14.5. The fourth-order valence-electron chi connectivity index (χ4n) is 2.77. The maximum Gasteiger partial charge on any atom is 0.338 e. The largest absolute Gasteiger partial charge is 0.467 e. The lowest BCUT2D eigenvalue weighted by Crippen LogP contribution is -2.47. The molecule has 8 nitrogen and oxygen atoms in total. The molecule has 1 saturated carbocycles. The number of halogens is 2. The molecule has 2 aliphatic rings. The van der Waals surface area contributed by atoms with Gasteiger partial charge in [-0.3, -0.25) is 4.79 Å². The van der Waals surface area contributed by atoms with Gasteiger partial charge in [0.15, 0.2) is 0 Å². The molecule has 0 bridgehead atoms. The first-order valence-corrected chi connectivity index (χ1v) is 9.01. The Morgan fingerprint density at radius 1 is 1.37 bits per heavy atom. The predicted octanol–water partition coefficient (Wildman–Crippen LogP) is 2.58. The van der Waals surface area contributed by atoms with Crippen LogP contribution in [0.1, 0.15) is 32.1 Å². The second-order valence-electron chi connectivity index (χ2n) is 6.45. The van der Waals surface area contributed by atoms with Crippen molar-refractivity contribution in [2.45, 2.75) is 30.6 Å². The third-order valence-electron chi connectivity index (χ3n) is 4.53. The van der Waals surface area contributed by atoms with E-state index in [-0.39, 0.29) is 30.9 Å². The van der Waals surface area contributed by atoms with E-state index in [1.54, 1.807) is 26.0 Å². The zero-order chi connectivity index (χ0) is 19.8. The second-order valence-corrected chi connectivity index (χ2v) is 7.93. The highest BCUT2D eigenvalue weighted by atomic mass is 35.5. The molecule has 1 aromatic heterocycles. The van der Waals surface area contributed by atoms with Gasteiger partial charge >= 0.3 is 18.0 Å². The summed E-state index contributed by atoms with van der Waals surface area (Å²) >= 11 is 12.0. The normalized spacial score (nSPS) is 26.1. The van der Waals surface area contributed by atoms with E-state index in [1.165, 1.54) is 6.26 Å². The minimum Gasteiger partial charge on any atom is -0.467 e. The summed E-state index contributed by atoms with van der Waals surface area (Å²) in [6.45, 7) is 3.02. The van der Waals surface area contributed by atoms with Crippen LogP contribution >= 0.6 is 23.2 Å². The van der Waals surface area contributed by atoms with Crippen LogP contribution in [0.25, 0.3) is 0 Å². The molecule has 27 heavy (non-hydrogen) atoms. The summed E-state index contributed by atoms with van der Waals surface area (Å²) in [5.41, 5.74) is -0.841. The number of esters is 2. The highest BCUT2D eigenvalue weighted by molar-refractivity contribution is 6.53. The minimum absolute atomic E-state index is 0.0863. The maximum absolute atomic E-state index is 12.5. The van der Waals surface area contributed by atoms with Gasteiger partial charge < -0.3 is 24.5 Å². The van der Waals surface area contributed by atoms with Crippen molar-refractivity contribution in [3.8, 4) is 0 Å². The molecule has 2 N–H and O–H groups in total. The molecule has 0 spiro atoms.